The zero-order chi connectivity index (χ0) is 10.7. The Labute approximate surface area is 87.2 Å². The van der Waals surface area contributed by atoms with Gasteiger partial charge in [0.05, 0.1) is 0 Å². The van der Waals surface area contributed by atoms with Crippen LogP contribution in [0, 0.1) is 6.92 Å². The third-order valence-corrected chi connectivity index (χ3v) is 2.73. The summed E-state index contributed by atoms with van der Waals surface area (Å²) in [5.74, 6) is -0.827. The molecule has 0 amide bonds. The quantitative estimate of drug-likeness (QED) is 0.829. The molecule has 5 heteroatoms. The number of aryl methyl sites for hydroxylation is 1. The third-order valence-electron chi connectivity index (χ3n) is 1.78. The Morgan fingerprint density at radius 2 is 2.36 bits per heavy atom. The number of carboxylic acid groups (broad SMARTS) is 1. The molecule has 1 heterocycles. The highest BCUT2D eigenvalue weighted by atomic mass is 32.1. The number of rotatable bonds is 4. The molecule has 1 aromatic rings. The van der Waals surface area contributed by atoms with Gasteiger partial charge in [-0.25, -0.2) is 4.98 Å². The summed E-state index contributed by atoms with van der Waals surface area (Å²) < 4.78 is 0. The van der Waals surface area contributed by atoms with Crippen LogP contribution in [-0.2, 0) is 4.79 Å². The molecule has 0 radical (unpaired) electrons. The van der Waals surface area contributed by atoms with Crippen LogP contribution in [0.5, 0.6) is 0 Å². The van der Waals surface area contributed by atoms with Crippen LogP contribution in [0.25, 0.3) is 0 Å². The maximum absolute atomic E-state index is 10.6. The summed E-state index contributed by atoms with van der Waals surface area (Å²) in [6, 6.07) is 0.150. The number of carboxylic acids is 1. The Kier molecular flexibility index (Phi) is 3.46. The van der Waals surface area contributed by atoms with E-state index in [1.165, 1.54) is 11.3 Å². The molecule has 1 aromatic heterocycles. The summed E-state index contributed by atoms with van der Waals surface area (Å²) >= 11 is 1.52. The van der Waals surface area contributed by atoms with Crippen LogP contribution >= 0.6 is 11.3 Å². The van der Waals surface area contributed by atoms with E-state index in [0.717, 1.165) is 10.0 Å². The van der Waals surface area contributed by atoms with Gasteiger partial charge in [0.15, 0.2) is 5.13 Å². The number of hydrogen-bond acceptors (Lipinski definition) is 4. The van der Waals surface area contributed by atoms with E-state index >= 15 is 0 Å². The molecule has 14 heavy (non-hydrogen) atoms. The Morgan fingerprint density at radius 1 is 1.71 bits per heavy atom. The van der Waals surface area contributed by atoms with E-state index in [1.807, 2.05) is 20.8 Å². The van der Waals surface area contributed by atoms with Crippen molar-refractivity contribution in [1.82, 2.24) is 4.98 Å². The van der Waals surface area contributed by atoms with E-state index in [1.54, 1.807) is 11.1 Å². The molecule has 0 saturated heterocycles. The van der Waals surface area contributed by atoms with Gasteiger partial charge in [0, 0.05) is 17.1 Å². The molecule has 0 atom stereocenters. The van der Waals surface area contributed by atoms with Gasteiger partial charge in [-0.3, -0.25) is 4.79 Å². The van der Waals surface area contributed by atoms with Crippen molar-refractivity contribution in [2.75, 3.05) is 11.4 Å². The average molecular weight is 214 g/mol. The van der Waals surface area contributed by atoms with Crippen LogP contribution < -0.4 is 4.90 Å². The van der Waals surface area contributed by atoms with E-state index in [4.69, 9.17) is 5.11 Å². The number of carbonyl (C=O) groups is 1. The van der Waals surface area contributed by atoms with Crippen molar-refractivity contribution in [3.05, 3.63) is 11.1 Å². The maximum atomic E-state index is 10.6. The Balaban J connectivity index is 2.82. The van der Waals surface area contributed by atoms with Gasteiger partial charge < -0.3 is 10.0 Å². The Bertz CT molecular complexity index is 322. The average Bonchev–Trinajstić information content (AvgIpc) is 2.46. The van der Waals surface area contributed by atoms with E-state index in [-0.39, 0.29) is 12.6 Å². The lowest BCUT2D eigenvalue weighted by Gasteiger charge is -2.23. The second-order valence-corrected chi connectivity index (χ2v) is 4.58. The first-order valence-corrected chi connectivity index (χ1v) is 5.23. The van der Waals surface area contributed by atoms with Crippen molar-refractivity contribution < 1.29 is 9.90 Å². The minimum absolute atomic E-state index is 0.00458. The topological polar surface area (TPSA) is 53.4 Å². The van der Waals surface area contributed by atoms with Gasteiger partial charge in [0.2, 0.25) is 0 Å². The highest BCUT2D eigenvalue weighted by Gasteiger charge is 2.16. The van der Waals surface area contributed by atoms with E-state index in [2.05, 4.69) is 4.98 Å². The summed E-state index contributed by atoms with van der Waals surface area (Å²) in [5.41, 5.74) is 0. The predicted molar refractivity (Wildman–Crippen MR) is 57.0 cm³/mol. The van der Waals surface area contributed by atoms with Crippen molar-refractivity contribution in [3.63, 3.8) is 0 Å². The molecule has 1 rings (SSSR count). The van der Waals surface area contributed by atoms with E-state index in [0.29, 0.717) is 0 Å². The standard InChI is InChI=1S/C9H14N2O2S/c1-6(2)11(5-8(12)13)9-10-4-7(3)14-9/h4,6H,5H2,1-3H3,(H,12,13). The fraction of sp³-hybridized carbons (Fsp3) is 0.556. The molecular weight excluding hydrogens is 200 g/mol. The fourth-order valence-electron chi connectivity index (χ4n) is 1.09. The number of aromatic nitrogens is 1. The predicted octanol–water partition coefficient (Wildman–Crippen LogP) is 1.75. The van der Waals surface area contributed by atoms with Crippen LogP contribution in [0.1, 0.15) is 18.7 Å². The van der Waals surface area contributed by atoms with Crippen LogP contribution in [0.3, 0.4) is 0 Å². The second-order valence-electron chi connectivity index (χ2n) is 3.37. The van der Waals surface area contributed by atoms with Crippen molar-refractivity contribution in [2.24, 2.45) is 0 Å². The highest BCUT2D eigenvalue weighted by molar-refractivity contribution is 7.15. The molecule has 0 saturated carbocycles. The number of thiazole rings is 1. The summed E-state index contributed by atoms with van der Waals surface area (Å²) in [7, 11) is 0. The fourth-order valence-corrected chi connectivity index (χ4v) is 1.98. The Hall–Kier alpha value is -1.10. The molecule has 0 bridgehead atoms. The summed E-state index contributed by atoms with van der Waals surface area (Å²) in [5, 5.41) is 9.51. The molecular formula is C9H14N2O2S. The highest BCUT2D eigenvalue weighted by Crippen LogP contribution is 2.23. The molecule has 0 aliphatic carbocycles. The summed E-state index contributed by atoms with van der Waals surface area (Å²) in [6.45, 7) is 5.88. The normalized spacial score (nSPS) is 10.6. The van der Waals surface area contributed by atoms with Crippen molar-refractivity contribution in [1.29, 1.82) is 0 Å². The molecule has 1 N–H and O–H groups in total. The SMILES string of the molecule is Cc1cnc(N(CC(=O)O)C(C)C)s1. The van der Waals surface area contributed by atoms with Crippen molar-refractivity contribution in [3.8, 4) is 0 Å². The van der Waals surface area contributed by atoms with Gasteiger partial charge in [0.25, 0.3) is 0 Å². The summed E-state index contributed by atoms with van der Waals surface area (Å²) in [4.78, 5) is 17.7. The lowest BCUT2D eigenvalue weighted by Crippen LogP contribution is -2.35. The Morgan fingerprint density at radius 3 is 2.71 bits per heavy atom. The number of nitrogens with zero attached hydrogens (tertiary/aromatic N) is 2. The molecule has 0 aliphatic rings. The molecule has 78 valence electrons. The second kappa shape index (κ2) is 4.41. The van der Waals surface area contributed by atoms with Gasteiger partial charge >= 0.3 is 5.97 Å². The molecule has 4 nitrogen and oxygen atoms in total. The maximum Gasteiger partial charge on any atom is 0.323 e. The first-order valence-electron chi connectivity index (χ1n) is 4.41. The van der Waals surface area contributed by atoms with E-state index in [9.17, 15) is 4.79 Å². The van der Waals surface area contributed by atoms with Crippen LogP contribution in [0.15, 0.2) is 6.20 Å². The minimum Gasteiger partial charge on any atom is -0.480 e. The molecule has 0 aromatic carbocycles. The van der Waals surface area contributed by atoms with Crippen LogP contribution in [0.4, 0.5) is 5.13 Å². The third kappa shape index (κ3) is 2.70. The molecule has 0 unspecified atom stereocenters. The molecule has 0 spiro atoms. The monoisotopic (exact) mass is 214 g/mol. The zero-order valence-corrected chi connectivity index (χ0v) is 9.34. The largest absolute Gasteiger partial charge is 0.480 e. The van der Waals surface area contributed by atoms with Gasteiger partial charge in [-0.2, -0.15) is 0 Å². The van der Waals surface area contributed by atoms with Crippen molar-refractivity contribution >= 4 is 22.4 Å². The lowest BCUT2D eigenvalue weighted by atomic mass is 10.3. The zero-order valence-electron chi connectivity index (χ0n) is 8.52. The first-order chi connectivity index (χ1) is 6.50. The first kappa shape index (κ1) is 11.0. The molecule has 0 fully saturated rings. The molecule has 0 aliphatic heterocycles. The number of anilines is 1. The van der Waals surface area contributed by atoms with Crippen LogP contribution in [-0.4, -0.2) is 28.6 Å². The van der Waals surface area contributed by atoms with E-state index < -0.39 is 5.97 Å². The summed E-state index contributed by atoms with van der Waals surface area (Å²) in [6.07, 6.45) is 1.76. The van der Waals surface area contributed by atoms with Gasteiger partial charge in [0.1, 0.15) is 6.54 Å². The van der Waals surface area contributed by atoms with Gasteiger partial charge in [-0.1, -0.05) is 0 Å². The minimum atomic E-state index is -0.827. The lowest BCUT2D eigenvalue weighted by molar-refractivity contribution is -0.135. The van der Waals surface area contributed by atoms with Gasteiger partial charge in [-0.15, -0.1) is 11.3 Å². The van der Waals surface area contributed by atoms with Crippen molar-refractivity contribution in [2.45, 2.75) is 26.8 Å². The van der Waals surface area contributed by atoms with Crippen LogP contribution in [0.2, 0.25) is 0 Å². The van der Waals surface area contributed by atoms with Gasteiger partial charge in [-0.05, 0) is 20.8 Å². The number of hydrogen-bond donors (Lipinski definition) is 1. The number of aliphatic carboxylic acids is 1. The smallest absolute Gasteiger partial charge is 0.323 e.